The van der Waals surface area contributed by atoms with Crippen molar-refractivity contribution in [1.82, 2.24) is 14.9 Å². The second-order valence-electron chi connectivity index (χ2n) is 8.99. The van der Waals surface area contributed by atoms with E-state index in [2.05, 4.69) is 22.4 Å². The highest BCUT2D eigenvalue weighted by Gasteiger charge is 2.20. The molecule has 178 valence electrons. The second kappa shape index (κ2) is 9.17. The summed E-state index contributed by atoms with van der Waals surface area (Å²) in [6.07, 6.45) is 2.96. The molecular formula is C28H26FN3O3. The molecule has 0 radical (unpaired) electrons. The Morgan fingerprint density at radius 3 is 2.89 bits per heavy atom. The van der Waals surface area contributed by atoms with Crippen molar-refractivity contribution in [1.29, 1.82) is 0 Å². The predicted molar refractivity (Wildman–Crippen MR) is 134 cm³/mol. The number of ether oxygens (including phenoxy) is 2. The molecule has 2 N–H and O–H groups in total. The van der Waals surface area contributed by atoms with Crippen LogP contribution in [-0.4, -0.2) is 35.4 Å². The molecule has 0 spiro atoms. The summed E-state index contributed by atoms with van der Waals surface area (Å²) in [4.78, 5) is 15.7. The minimum Gasteiger partial charge on any atom is -0.488 e. The van der Waals surface area contributed by atoms with Gasteiger partial charge in [0.25, 0.3) is 0 Å². The lowest BCUT2D eigenvalue weighted by molar-refractivity contribution is 0.0211. The molecule has 35 heavy (non-hydrogen) atoms. The Labute approximate surface area is 202 Å². The molecule has 1 aromatic heterocycles. The molecule has 1 saturated heterocycles. The Morgan fingerprint density at radius 2 is 2.00 bits per heavy atom. The first-order valence-corrected chi connectivity index (χ1v) is 11.9. The predicted octanol–water partition coefficient (Wildman–Crippen LogP) is 4.33. The Hall–Kier alpha value is -3.68. The van der Waals surface area contributed by atoms with Gasteiger partial charge in [-0.05, 0) is 59.0 Å². The highest BCUT2D eigenvalue weighted by Crippen LogP contribution is 2.38. The number of nitrogens with zero attached hydrogens (tertiary/aromatic N) is 1. The van der Waals surface area contributed by atoms with Crippen LogP contribution in [0.5, 0.6) is 5.75 Å². The van der Waals surface area contributed by atoms with E-state index in [0.717, 1.165) is 58.4 Å². The Bertz CT molecular complexity index is 1480. The van der Waals surface area contributed by atoms with Crippen LogP contribution < -0.4 is 15.7 Å². The molecule has 2 aliphatic rings. The fourth-order valence-electron chi connectivity index (χ4n) is 4.94. The van der Waals surface area contributed by atoms with Gasteiger partial charge >= 0.3 is 5.69 Å². The number of halogens is 1. The Morgan fingerprint density at radius 1 is 1.09 bits per heavy atom. The molecule has 3 aromatic carbocycles. The summed E-state index contributed by atoms with van der Waals surface area (Å²) in [7, 11) is 0. The first kappa shape index (κ1) is 21.8. The van der Waals surface area contributed by atoms with Crippen molar-refractivity contribution in [3.05, 3.63) is 99.2 Å². The standard InChI is InChI=1S/C28H26FN3O3/c29-20-6-7-23-24(22-4-2-1-3-19(22)17-35-27(23)15-20)13-18-5-8-26-25(14-18)31-28(33)32(26)11-9-21-16-30-10-12-34-21/h1-8,13-15,21,30H,9-12,16-17H2,(H,31,33). The molecule has 2 aliphatic heterocycles. The zero-order valence-electron chi connectivity index (χ0n) is 19.2. The van der Waals surface area contributed by atoms with E-state index >= 15 is 0 Å². The number of H-pyrrole nitrogens is 1. The lowest BCUT2D eigenvalue weighted by Crippen LogP contribution is -2.39. The summed E-state index contributed by atoms with van der Waals surface area (Å²) in [5.74, 6) is 0.191. The van der Waals surface area contributed by atoms with Crippen LogP contribution >= 0.6 is 0 Å². The largest absolute Gasteiger partial charge is 0.488 e. The first-order valence-electron chi connectivity index (χ1n) is 11.9. The molecule has 0 aliphatic carbocycles. The fraction of sp³-hybridized carbons (Fsp3) is 0.250. The third-order valence-electron chi connectivity index (χ3n) is 6.71. The van der Waals surface area contributed by atoms with Crippen LogP contribution in [-0.2, 0) is 17.9 Å². The summed E-state index contributed by atoms with van der Waals surface area (Å²) in [5, 5.41) is 3.33. The lowest BCUT2D eigenvalue weighted by atomic mass is 9.92. The van der Waals surface area contributed by atoms with E-state index in [0.29, 0.717) is 25.5 Å². The van der Waals surface area contributed by atoms with Gasteiger partial charge in [-0.1, -0.05) is 30.3 Å². The molecule has 7 heteroatoms. The fourth-order valence-corrected chi connectivity index (χ4v) is 4.94. The minimum absolute atomic E-state index is 0.118. The van der Waals surface area contributed by atoms with Gasteiger partial charge in [0, 0.05) is 31.3 Å². The number of rotatable bonds is 4. The molecule has 6 rings (SSSR count). The molecule has 3 heterocycles. The van der Waals surface area contributed by atoms with Crippen molar-refractivity contribution >= 4 is 22.7 Å². The number of hydrogen-bond acceptors (Lipinski definition) is 4. The van der Waals surface area contributed by atoms with Crippen LogP contribution in [0.4, 0.5) is 4.39 Å². The van der Waals surface area contributed by atoms with Crippen molar-refractivity contribution in [2.45, 2.75) is 25.7 Å². The molecule has 0 bridgehead atoms. The Kier molecular flexibility index (Phi) is 5.72. The average Bonchev–Trinajstić information content (AvgIpc) is 3.11. The Balaban J connectivity index is 1.38. The van der Waals surface area contributed by atoms with Gasteiger partial charge in [-0.15, -0.1) is 0 Å². The van der Waals surface area contributed by atoms with Crippen molar-refractivity contribution in [2.24, 2.45) is 0 Å². The number of aromatic nitrogens is 2. The molecular weight excluding hydrogens is 445 g/mol. The van der Waals surface area contributed by atoms with Crippen molar-refractivity contribution in [3.8, 4) is 5.75 Å². The monoisotopic (exact) mass is 471 g/mol. The van der Waals surface area contributed by atoms with Gasteiger partial charge in [0.05, 0.1) is 23.7 Å². The van der Waals surface area contributed by atoms with Gasteiger partial charge in [0.15, 0.2) is 0 Å². The smallest absolute Gasteiger partial charge is 0.326 e. The van der Waals surface area contributed by atoms with E-state index in [1.165, 1.54) is 12.1 Å². The second-order valence-corrected chi connectivity index (χ2v) is 8.99. The lowest BCUT2D eigenvalue weighted by Gasteiger charge is -2.23. The summed E-state index contributed by atoms with van der Waals surface area (Å²) in [6, 6.07) is 18.7. The molecule has 1 atom stereocenters. The van der Waals surface area contributed by atoms with Gasteiger partial charge in [-0.3, -0.25) is 4.57 Å². The minimum atomic E-state index is -0.330. The maximum Gasteiger partial charge on any atom is 0.326 e. The van der Waals surface area contributed by atoms with Crippen molar-refractivity contribution in [3.63, 3.8) is 0 Å². The van der Waals surface area contributed by atoms with E-state index in [1.54, 1.807) is 10.6 Å². The third-order valence-corrected chi connectivity index (χ3v) is 6.71. The summed E-state index contributed by atoms with van der Waals surface area (Å²) >= 11 is 0. The maximum absolute atomic E-state index is 14.0. The van der Waals surface area contributed by atoms with Gasteiger partial charge in [-0.2, -0.15) is 0 Å². The SMILES string of the molecule is O=c1[nH]c2cc(C=C3c4ccccc4COc4cc(F)ccc43)ccc2n1CCC1CNCCO1. The quantitative estimate of drug-likeness (QED) is 0.465. The average molecular weight is 472 g/mol. The number of imidazole rings is 1. The van der Waals surface area contributed by atoms with Crippen LogP contribution in [0, 0.1) is 5.82 Å². The van der Waals surface area contributed by atoms with Crippen molar-refractivity contribution < 1.29 is 13.9 Å². The normalized spacial score (nSPS) is 18.7. The number of nitrogens with one attached hydrogen (secondary N) is 2. The van der Waals surface area contributed by atoms with Gasteiger partial charge in [0.1, 0.15) is 18.2 Å². The van der Waals surface area contributed by atoms with Gasteiger partial charge < -0.3 is 19.8 Å². The molecule has 6 nitrogen and oxygen atoms in total. The van der Waals surface area contributed by atoms with Crippen LogP contribution in [0.1, 0.15) is 28.7 Å². The van der Waals surface area contributed by atoms with Crippen LogP contribution in [0.15, 0.2) is 65.5 Å². The first-order chi connectivity index (χ1) is 17.2. The van der Waals surface area contributed by atoms with Crippen LogP contribution in [0.2, 0.25) is 0 Å². The highest BCUT2D eigenvalue weighted by molar-refractivity contribution is 5.95. The van der Waals surface area contributed by atoms with Gasteiger partial charge in [-0.25, -0.2) is 9.18 Å². The van der Waals surface area contributed by atoms with Crippen LogP contribution in [0.25, 0.3) is 22.7 Å². The summed E-state index contributed by atoms with van der Waals surface area (Å²) < 4.78 is 27.5. The third kappa shape index (κ3) is 4.29. The number of aryl methyl sites for hydroxylation is 1. The molecule has 1 fully saturated rings. The number of morpholine rings is 1. The number of benzene rings is 3. The van der Waals surface area contributed by atoms with E-state index < -0.39 is 0 Å². The maximum atomic E-state index is 14.0. The van der Waals surface area contributed by atoms with Crippen LogP contribution in [0.3, 0.4) is 0 Å². The molecule has 0 amide bonds. The van der Waals surface area contributed by atoms with E-state index in [9.17, 15) is 9.18 Å². The molecule has 4 aromatic rings. The molecule has 1 unspecified atom stereocenters. The summed E-state index contributed by atoms with van der Waals surface area (Å²) in [6.45, 7) is 3.35. The van der Waals surface area contributed by atoms with E-state index in [1.807, 2.05) is 36.4 Å². The number of aromatic amines is 1. The van der Waals surface area contributed by atoms with Crippen molar-refractivity contribution in [2.75, 3.05) is 19.7 Å². The number of fused-ring (bicyclic) bond motifs is 3. The topological polar surface area (TPSA) is 68.3 Å². The highest BCUT2D eigenvalue weighted by atomic mass is 19.1. The van der Waals surface area contributed by atoms with E-state index in [4.69, 9.17) is 9.47 Å². The summed E-state index contributed by atoms with van der Waals surface area (Å²) in [5.41, 5.74) is 6.34. The van der Waals surface area contributed by atoms with E-state index in [-0.39, 0.29) is 17.6 Å². The zero-order chi connectivity index (χ0) is 23.8. The van der Waals surface area contributed by atoms with Gasteiger partial charge in [0.2, 0.25) is 0 Å². The molecule has 0 saturated carbocycles. The number of hydrogen-bond donors (Lipinski definition) is 2. The zero-order valence-corrected chi connectivity index (χ0v) is 19.2.